The highest BCUT2D eigenvalue weighted by Gasteiger charge is 2.32. The first kappa shape index (κ1) is 15.3. The Kier molecular flexibility index (Phi) is 5.06. The van der Waals surface area contributed by atoms with Crippen molar-refractivity contribution in [1.29, 1.82) is 0 Å². The molecular weight excluding hydrogens is 248 g/mol. The van der Waals surface area contributed by atoms with Crippen LogP contribution in [-0.2, 0) is 0 Å². The van der Waals surface area contributed by atoms with Crippen LogP contribution < -0.4 is 10.5 Å². The van der Waals surface area contributed by atoms with Crippen molar-refractivity contribution in [2.45, 2.75) is 51.7 Å². The van der Waals surface area contributed by atoms with E-state index in [-0.39, 0.29) is 12.1 Å². The summed E-state index contributed by atoms with van der Waals surface area (Å²) in [6, 6.07) is 9.18. The van der Waals surface area contributed by atoms with Gasteiger partial charge in [-0.15, -0.1) is 0 Å². The van der Waals surface area contributed by atoms with Gasteiger partial charge >= 0.3 is 0 Å². The third-order valence-corrected chi connectivity index (χ3v) is 4.12. The number of rotatable bonds is 7. The van der Waals surface area contributed by atoms with Crippen LogP contribution in [0.4, 0.5) is 0 Å². The van der Waals surface area contributed by atoms with Crippen LogP contribution in [0, 0.1) is 5.92 Å². The molecule has 3 nitrogen and oxygen atoms in total. The monoisotopic (exact) mass is 276 g/mol. The van der Waals surface area contributed by atoms with Crippen LogP contribution in [0.15, 0.2) is 24.3 Å². The minimum atomic E-state index is 0.100. The van der Waals surface area contributed by atoms with Crippen LogP contribution in [-0.4, -0.2) is 30.6 Å². The van der Waals surface area contributed by atoms with Crippen LogP contribution in [0.1, 0.15) is 45.2 Å². The lowest BCUT2D eigenvalue weighted by Crippen LogP contribution is -2.44. The molecule has 1 aromatic rings. The maximum absolute atomic E-state index is 6.31. The Morgan fingerprint density at radius 3 is 2.50 bits per heavy atom. The van der Waals surface area contributed by atoms with Crippen molar-refractivity contribution in [3.8, 4) is 5.75 Å². The van der Waals surface area contributed by atoms with Gasteiger partial charge < -0.3 is 10.5 Å². The summed E-state index contributed by atoms with van der Waals surface area (Å²) in [6.07, 6.45) is 2.74. The maximum Gasteiger partial charge on any atom is 0.119 e. The van der Waals surface area contributed by atoms with Gasteiger partial charge in [0.15, 0.2) is 0 Å². The molecule has 0 heterocycles. The molecule has 0 bridgehead atoms. The van der Waals surface area contributed by atoms with Crippen molar-refractivity contribution >= 4 is 0 Å². The second-order valence-corrected chi connectivity index (χ2v) is 6.31. The van der Waals surface area contributed by atoms with Crippen LogP contribution in [0.25, 0.3) is 0 Å². The molecule has 112 valence electrons. The quantitative estimate of drug-likeness (QED) is 0.831. The molecule has 0 radical (unpaired) electrons. The first-order valence-electron chi connectivity index (χ1n) is 7.68. The fourth-order valence-electron chi connectivity index (χ4n) is 2.87. The van der Waals surface area contributed by atoms with E-state index >= 15 is 0 Å². The van der Waals surface area contributed by atoms with Gasteiger partial charge in [0.1, 0.15) is 5.75 Å². The molecule has 2 N–H and O–H groups in total. The summed E-state index contributed by atoms with van der Waals surface area (Å²) in [5, 5.41) is 0. The number of hydrogen-bond donors (Lipinski definition) is 1. The molecule has 2 atom stereocenters. The molecule has 0 saturated heterocycles. The first-order chi connectivity index (χ1) is 9.52. The second kappa shape index (κ2) is 6.59. The van der Waals surface area contributed by atoms with Crippen molar-refractivity contribution in [2.75, 3.05) is 13.7 Å². The molecule has 0 aliphatic heterocycles. The number of nitrogens with two attached hydrogens (primary N) is 1. The third-order valence-electron chi connectivity index (χ3n) is 4.12. The Morgan fingerprint density at radius 1 is 1.30 bits per heavy atom. The average molecular weight is 276 g/mol. The maximum atomic E-state index is 6.31. The third kappa shape index (κ3) is 3.74. The second-order valence-electron chi connectivity index (χ2n) is 6.31. The SMILES string of the molecule is COc1cccc(C(C(C)N)N(CC2CC2)C(C)C)c1. The molecule has 20 heavy (non-hydrogen) atoms. The fraction of sp³-hybridized carbons (Fsp3) is 0.647. The molecule has 1 aliphatic carbocycles. The van der Waals surface area contributed by atoms with Gasteiger partial charge in [-0.25, -0.2) is 0 Å². The predicted molar refractivity (Wildman–Crippen MR) is 84.0 cm³/mol. The molecule has 0 aromatic heterocycles. The highest BCUT2D eigenvalue weighted by molar-refractivity contribution is 5.31. The first-order valence-corrected chi connectivity index (χ1v) is 7.68. The van der Waals surface area contributed by atoms with E-state index in [9.17, 15) is 0 Å². The largest absolute Gasteiger partial charge is 0.497 e. The summed E-state index contributed by atoms with van der Waals surface area (Å²) >= 11 is 0. The number of hydrogen-bond acceptors (Lipinski definition) is 3. The number of nitrogens with zero attached hydrogens (tertiary/aromatic N) is 1. The van der Waals surface area contributed by atoms with Crippen molar-refractivity contribution in [3.05, 3.63) is 29.8 Å². The van der Waals surface area contributed by atoms with Crippen molar-refractivity contribution < 1.29 is 4.74 Å². The predicted octanol–water partition coefficient (Wildman–Crippen LogP) is 3.20. The standard InChI is InChI=1S/C17H28N2O/c1-12(2)19(11-14-8-9-14)17(13(3)18)15-6-5-7-16(10-15)20-4/h5-7,10,12-14,17H,8-9,11,18H2,1-4H3. The highest BCUT2D eigenvalue weighted by atomic mass is 16.5. The fourth-order valence-corrected chi connectivity index (χ4v) is 2.87. The normalized spacial score (nSPS) is 18.4. The topological polar surface area (TPSA) is 38.5 Å². The Hall–Kier alpha value is -1.06. The smallest absolute Gasteiger partial charge is 0.119 e. The van der Waals surface area contributed by atoms with Gasteiger partial charge in [0.25, 0.3) is 0 Å². The van der Waals surface area contributed by atoms with E-state index in [2.05, 4.69) is 43.9 Å². The van der Waals surface area contributed by atoms with Gasteiger partial charge in [0, 0.05) is 18.6 Å². The number of benzene rings is 1. The van der Waals surface area contributed by atoms with Gasteiger partial charge in [-0.05, 0) is 57.2 Å². The van der Waals surface area contributed by atoms with Gasteiger partial charge in [-0.3, -0.25) is 4.90 Å². The van der Waals surface area contributed by atoms with Gasteiger partial charge in [-0.1, -0.05) is 12.1 Å². The zero-order valence-corrected chi connectivity index (χ0v) is 13.2. The molecule has 1 fully saturated rings. The van der Waals surface area contributed by atoms with Crippen LogP contribution in [0.5, 0.6) is 5.75 Å². The van der Waals surface area contributed by atoms with E-state index in [1.165, 1.54) is 18.4 Å². The Balaban J connectivity index is 2.26. The van der Waals surface area contributed by atoms with E-state index in [1.54, 1.807) is 7.11 Å². The van der Waals surface area contributed by atoms with Crippen molar-refractivity contribution in [2.24, 2.45) is 11.7 Å². The van der Waals surface area contributed by atoms with Crippen molar-refractivity contribution in [3.63, 3.8) is 0 Å². The number of methoxy groups -OCH3 is 1. The molecule has 2 unspecified atom stereocenters. The minimum absolute atomic E-state index is 0.100. The molecule has 1 saturated carbocycles. The van der Waals surface area contributed by atoms with Gasteiger partial charge in [0.2, 0.25) is 0 Å². The summed E-state index contributed by atoms with van der Waals surface area (Å²) < 4.78 is 5.36. The molecule has 1 aromatic carbocycles. The summed E-state index contributed by atoms with van der Waals surface area (Å²) in [7, 11) is 1.71. The molecule has 1 aliphatic rings. The molecule has 2 rings (SSSR count). The lowest BCUT2D eigenvalue weighted by Gasteiger charge is -2.38. The van der Waals surface area contributed by atoms with E-state index in [1.807, 2.05) is 6.07 Å². The summed E-state index contributed by atoms with van der Waals surface area (Å²) in [5.74, 6) is 1.77. The number of ether oxygens (including phenoxy) is 1. The van der Waals surface area contributed by atoms with Gasteiger partial charge in [-0.2, -0.15) is 0 Å². The van der Waals surface area contributed by atoms with Crippen LogP contribution >= 0.6 is 0 Å². The van der Waals surface area contributed by atoms with E-state index < -0.39 is 0 Å². The lowest BCUT2D eigenvalue weighted by atomic mass is 9.97. The molecule has 0 spiro atoms. The summed E-state index contributed by atoms with van der Waals surface area (Å²) in [6.45, 7) is 7.78. The van der Waals surface area contributed by atoms with E-state index in [0.717, 1.165) is 18.2 Å². The minimum Gasteiger partial charge on any atom is -0.497 e. The molecular formula is C17H28N2O. The van der Waals surface area contributed by atoms with E-state index in [4.69, 9.17) is 10.5 Å². The Labute approximate surface area is 123 Å². The van der Waals surface area contributed by atoms with E-state index in [0.29, 0.717) is 6.04 Å². The summed E-state index contributed by atoms with van der Waals surface area (Å²) in [5.41, 5.74) is 7.57. The van der Waals surface area contributed by atoms with Gasteiger partial charge in [0.05, 0.1) is 13.2 Å². The molecule has 0 amide bonds. The summed E-state index contributed by atoms with van der Waals surface area (Å²) in [4.78, 5) is 2.55. The Morgan fingerprint density at radius 2 is 2.00 bits per heavy atom. The zero-order valence-electron chi connectivity index (χ0n) is 13.2. The van der Waals surface area contributed by atoms with Crippen LogP contribution in [0.2, 0.25) is 0 Å². The highest BCUT2D eigenvalue weighted by Crippen LogP contribution is 2.35. The zero-order chi connectivity index (χ0) is 14.7. The van der Waals surface area contributed by atoms with Crippen LogP contribution in [0.3, 0.4) is 0 Å². The Bertz CT molecular complexity index is 427. The lowest BCUT2D eigenvalue weighted by molar-refractivity contribution is 0.129. The average Bonchev–Trinajstić information content (AvgIpc) is 3.21. The molecule has 3 heteroatoms. The van der Waals surface area contributed by atoms with Crippen molar-refractivity contribution in [1.82, 2.24) is 4.90 Å².